The maximum Gasteiger partial charge on any atom is 0.0622 e. The number of hydrogen-bond acceptors (Lipinski definition) is 4. The molecule has 2 aromatic carbocycles. The summed E-state index contributed by atoms with van der Waals surface area (Å²) < 4.78 is 4.71. The standard InChI is InChI=1S/C32H16N6/c1-5-33-13-23-19-9-17(10-20-24-14-34-6-2-28(24)37(27(1)23)31(19)20)18-11-21-25-15-35-7-3-29(25)38-30-4-8-36-16-26(30)22(12-18)32(21)38/h1-16H. The van der Waals surface area contributed by atoms with Gasteiger partial charge in [-0.05, 0) is 59.7 Å². The highest BCUT2D eigenvalue weighted by Crippen LogP contribution is 2.44. The molecule has 0 N–H and O–H groups in total. The zero-order chi connectivity index (χ0) is 24.5. The maximum absolute atomic E-state index is 4.47. The second-order valence-electron chi connectivity index (χ2n) is 10.1. The highest BCUT2D eigenvalue weighted by Gasteiger charge is 2.21. The average Bonchev–Trinajstić information content (AvgIpc) is 3.70. The van der Waals surface area contributed by atoms with Crippen molar-refractivity contribution in [3.63, 3.8) is 0 Å². The van der Waals surface area contributed by atoms with Gasteiger partial charge in [-0.15, -0.1) is 0 Å². The topological polar surface area (TPSA) is 60.4 Å². The summed E-state index contributed by atoms with van der Waals surface area (Å²) in [7, 11) is 0. The quantitative estimate of drug-likeness (QED) is 0.247. The van der Waals surface area contributed by atoms with Gasteiger partial charge in [-0.1, -0.05) is 0 Å². The Balaban J connectivity index is 1.41. The Morgan fingerprint density at radius 2 is 0.658 bits per heavy atom. The lowest BCUT2D eigenvalue weighted by molar-refractivity contribution is 1.30. The van der Waals surface area contributed by atoms with Gasteiger partial charge >= 0.3 is 0 Å². The number of nitrogens with zero attached hydrogens (tertiary/aromatic N) is 6. The third-order valence-corrected chi connectivity index (χ3v) is 8.32. The van der Waals surface area contributed by atoms with E-state index in [1.54, 1.807) is 0 Å². The van der Waals surface area contributed by atoms with Gasteiger partial charge in [0.1, 0.15) is 0 Å². The molecule has 0 fully saturated rings. The third-order valence-electron chi connectivity index (χ3n) is 8.32. The van der Waals surface area contributed by atoms with Crippen molar-refractivity contribution < 1.29 is 0 Å². The van der Waals surface area contributed by atoms with E-state index in [1.165, 1.54) is 65.8 Å². The van der Waals surface area contributed by atoms with Crippen molar-refractivity contribution >= 4 is 76.2 Å². The average molecular weight is 485 g/mol. The number of benzene rings is 2. The SMILES string of the molecule is c1cc2c(cn1)c1cc(-c3cc4c5cnccc5n5c6ccncc6c(c3)c45)cc3c4cnccc4n2c13. The molecule has 6 heteroatoms. The largest absolute Gasteiger partial charge is 0.308 e. The molecule has 0 aliphatic carbocycles. The van der Waals surface area contributed by atoms with E-state index in [0.29, 0.717) is 0 Å². The molecule has 10 rings (SSSR count). The van der Waals surface area contributed by atoms with Gasteiger partial charge in [0.25, 0.3) is 0 Å². The number of rotatable bonds is 1. The van der Waals surface area contributed by atoms with Gasteiger partial charge in [0, 0.05) is 92.7 Å². The van der Waals surface area contributed by atoms with Gasteiger partial charge in [-0.2, -0.15) is 0 Å². The van der Waals surface area contributed by atoms with E-state index in [1.807, 2.05) is 49.6 Å². The van der Waals surface area contributed by atoms with Crippen molar-refractivity contribution in [3.05, 3.63) is 98.1 Å². The van der Waals surface area contributed by atoms with E-state index >= 15 is 0 Å². The van der Waals surface area contributed by atoms with Crippen molar-refractivity contribution in [2.24, 2.45) is 0 Å². The van der Waals surface area contributed by atoms with Crippen LogP contribution in [0.15, 0.2) is 98.1 Å². The predicted octanol–water partition coefficient (Wildman–Crippen LogP) is 7.23. The Labute approximate surface area is 214 Å². The Bertz CT molecular complexity index is 2220. The van der Waals surface area contributed by atoms with E-state index in [9.17, 15) is 0 Å². The molecular formula is C32H16N6. The fourth-order valence-corrected chi connectivity index (χ4v) is 6.81. The van der Waals surface area contributed by atoms with Crippen LogP contribution in [0.25, 0.3) is 87.3 Å². The summed E-state index contributed by atoms with van der Waals surface area (Å²) in [6.07, 6.45) is 15.4. The molecule has 174 valence electrons. The highest BCUT2D eigenvalue weighted by molar-refractivity contribution is 6.26. The minimum absolute atomic E-state index is 1.16. The first-order chi connectivity index (χ1) is 18.9. The zero-order valence-electron chi connectivity index (χ0n) is 19.9. The first kappa shape index (κ1) is 18.8. The summed E-state index contributed by atoms with van der Waals surface area (Å²) in [5, 5.41) is 9.48. The lowest BCUT2D eigenvalue weighted by Gasteiger charge is -2.06. The van der Waals surface area contributed by atoms with E-state index < -0.39 is 0 Å². The van der Waals surface area contributed by atoms with Crippen molar-refractivity contribution in [3.8, 4) is 11.1 Å². The smallest absolute Gasteiger partial charge is 0.0622 e. The monoisotopic (exact) mass is 484 g/mol. The van der Waals surface area contributed by atoms with Crippen LogP contribution in [0.4, 0.5) is 0 Å². The fourth-order valence-electron chi connectivity index (χ4n) is 6.81. The molecule has 0 amide bonds. The van der Waals surface area contributed by atoms with Crippen LogP contribution < -0.4 is 0 Å². The van der Waals surface area contributed by atoms with E-state index in [2.05, 4.69) is 77.3 Å². The molecule has 0 saturated carbocycles. The fraction of sp³-hybridized carbons (Fsp3) is 0. The minimum atomic E-state index is 1.16. The van der Waals surface area contributed by atoms with Gasteiger partial charge in [-0.3, -0.25) is 19.9 Å². The molecule has 0 bridgehead atoms. The van der Waals surface area contributed by atoms with Crippen LogP contribution in [0.2, 0.25) is 0 Å². The molecule has 0 saturated heterocycles. The highest BCUT2D eigenvalue weighted by atomic mass is 14.9. The van der Waals surface area contributed by atoms with Gasteiger partial charge < -0.3 is 8.80 Å². The molecule has 0 radical (unpaired) electrons. The zero-order valence-corrected chi connectivity index (χ0v) is 19.9. The summed E-state index contributed by atoms with van der Waals surface area (Å²) in [4.78, 5) is 17.9. The molecule has 6 nitrogen and oxygen atoms in total. The molecule has 0 spiro atoms. The second kappa shape index (κ2) is 6.30. The van der Waals surface area contributed by atoms with Crippen LogP contribution in [0.1, 0.15) is 0 Å². The van der Waals surface area contributed by atoms with Gasteiger partial charge in [-0.25, -0.2) is 0 Å². The number of hydrogen-bond donors (Lipinski definition) is 0. The first-order valence-electron chi connectivity index (χ1n) is 12.6. The summed E-state index contributed by atoms with van der Waals surface area (Å²) in [6, 6.07) is 17.7. The molecular weight excluding hydrogens is 468 g/mol. The van der Waals surface area contributed by atoms with Gasteiger partial charge in [0.2, 0.25) is 0 Å². The molecule has 10 aromatic rings. The molecule has 8 heterocycles. The summed E-state index contributed by atoms with van der Waals surface area (Å²) in [5.41, 5.74) is 9.47. The number of pyridine rings is 4. The molecule has 38 heavy (non-hydrogen) atoms. The van der Waals surface area contributed by atoms with Crippen LogP contribution in [0, 0.1) is 0 Å². The molecule has 8 aromatic heterocycles. The molecule has 0 atom stereocenters. The van der Waals surface area contributed by atoms with Crippen LogP contribution in [0.3, 0.4) is 0 Å². The van der Waals surface area contributed by atoms with E-state index in [4.69, 9.17) is 0 Å². The first-order valence-corrected chi connectivity index (χ1v) is 12.6. The minimum Gasteiger partial charge on any atom is -0.308 e. The Hall–Kier alpha value is -5.36. The normalized spacial score (nSPS) is 12.7. The van der Waals surface area contributed by atoms with Crippen LogP contribution in [-0.2, 0) is 0 Å². The predicted molar refractivity (Wildman–Crippen MR) is 152 cm³/mol. The Morgan fingerprint density at radius 1 is 0.368 bits per heavy atom. The van der Waals surface area contributed by atoms with Crippen LogP contribution in [0.5, 0.6) is 0 Å². The number of fused-ring (bicyclic) bond motifs is 12. The van der Waals surface area contributed by atoms with Gasteiger partial charge in [0.15, 0.2) is 0 Å². The van der Waals surface area contributed by atoms with Crippen molar-refractivity contribution in [2.45, 2.75) is 0 Å². The summed E-state index contributed by atoms with van der Waals surface area (Å²) in [5.74, 6) is 0. The van der Waals surface area contributed by atoms with E-state index in [0.717, 1.165) is 21.5 Å². The van der Waals surface area contributed by atoms with Crippen LogP contribution >= 0.6 is 0 Å². The number of aromatic nitrogens is 6. The van der Waals surface area contributed by atoms with Gasteiger partial charge in [0.05, 0.1) is 33.1 Å². The maximum atomic E-state index is 4.47. The lowest BCUT2D eigenvalue weighted by atomic mass is 9.97. The Morgan fingerprint density at radius 3 is 0.947 bits per heavy atom. The van der Waals surface area contributed by atoms with Crippen LogP contribution in [-0.4, -0.2) is 28.7 Å². The Kier molecular flexibility index (Phi) is 3.13. The summed E-state index contributed by atoms with van der Waals surface area (Å²) >= 11 is 0. The van der Waals surface area contributed by atoms with Crippen molar-refractivity contribution in [1.82, 2.24) is 28.7 Å². The lowest BCUT2D eigenvalue weighted by Crippen LogP contribution is -1.81. The van der Waals surface area contributed by atoms with E-state index in [-0.39, 0.29) is 0 Å². The third kappa shape index (κ3) is 2.05. The van der Waals surface area contributed by atoms with Crippen molar-refractivity contribution in [2.75, 3.05) is 0 Å². The molecule has 0 unspecified atom stereocenters. The second-order valence-corrected chi connectivity index (χ2v) is 10.1. The molecule has 0 aliphatic rings. The molecule has 0 aliphatic heterocycles. The van der Waals surface area contributed by atoms with Crippen molar-refractivity contribution in [1.29, 1.82) is 0 Å². The summed E-state index contributed by atoms with van der Waals surface area (Å²) in [6.45, 7) is 0.